The highest BCUT2D eigenvalue weighted by Crippen LogP contribution is 2.30. The van der Waals surface area contributed by atoms with Gasteiger partial charge in [0.2, 0.25) is 15.9 Å². The van der Waals surface area contributed by atoms with E-state index >= 15 is 0 Å². The van der Waals surface area contributed by atoms with Crippen molar-refractivity contribution < 1.29 is 27.4 Å². The molecule has 1 aliphatic rings. The molecule has 1 atom stereocenters. The van der Waals surface area contributed by atoms with Gasteiger partial charge >= 0.3 is 0 Å². The summed E-state index contributed by atoms with van der Waals surface area (Å²) >= 11 is 0. The molecule has 1 heterocycles. The zero-order valence-electron chi connectivity index (χ0n) is 15.3. The molecule has 0 aliphatic carbocycles. The number of methoxy groups -OCH3 is 1. The Balaban J connectivity index is 0.00000364. The van der Waals surface area contributed by atoms with Crippen molar-refractivity contribution in [2.24, 2.45) is 5.73 Å². The Labute approximate surface area is 165 Å². The van der Waals surface area contributed by atoms with Gasteiger partial charge in [0.15, 0.2) is 0 Å². The minimum Gasteiger partial charge on any atom is -0.492 e. The normalized spacial score (nSPS) is 16.3. The highest BCUT2D eigenvalue weighted by atomic mass is 35.5. The number of hydrogen-bond donors (Lipinski definition) is 2. The predicted molar refractivity (Wildman–Crippen MR) is 103 cm³/mol. The monoisotopic (exact) mass is 423 g/mol. The van der Waals surface area contributed by atoms with Crippen LogP contribution in [0.1, 0.15) is 6.92 Å². The quantitative estimate of drug-likeness (QED) is 0.622. The molecule has 11 heteroatoms. The minimum atomic E-state index is -3.78. The molecule has 3 N–H and O–H groups in total. The van der Waals surface area contributed by atoms with Crippen LogP contribution >= 0.6 is 12.4 Å². The van der Waals surface area contributed by atoms with Crippen LogP contribution in [0, 0.1) is 0 Å². The lowest BCUT2D eigenvalue weighted by Gasteiger charge is -2.27. The second kappa shape index (κ2) is 10.8. The zero-order chi connectivity index (χ0) is 19.2. The Morgan fingerprint density at radius 2 is 2.04 bits per heavy atom. The van der Waals surface area contributed by atoms with Gasteiger partial charge in [-0.25, -0.2) is 8.42 Å². The number of ether oxygens (including phenoxy) is 3. The van der Waals surface area contributed by atoms with E-state index in [9.17, 15) is 13.2 Å². The fourth-order valence-electron chi connectivity index (χ4n) is 2.48. The average Bonchev–Trinajstić information content (AvgIpc) is 2.64. The number of carbonyl (C=O) groups excluding carboxylic acids is 1. The molecule has 0 radical (unpaired) electrons. The standard InChI is InChI=1S/C16H25N3O6S.ClH/c1-3-25-14-5-4-12(18-16(20)13(17)11-23-2)10-15(14)26(21,22)19-6-8-24-9-7-19;/h4-5,10,13H,3,6-9,11,17H2,1-2H3,(H,18,20);1H. The lowest BCUT2D eigenvalue weighted by Crippen LogP contribution is -2.41. The predicted octanol–water partition coefficient (Wildman–Crippen LogP) is 0.440. The average molecular weight is 424 g/mol. The number of rotatable bonds is 8. The minimum absolute atomic E-state index is 0. The summed E-state index contributed by atoms with van der Waals surface area (Å²) < 4.78 is 42.9. The van der Waals surface area contributed by atoms with Crippen molar-refractivity contribution in [2.45, 2.75) is 17.9 Å². The summed E-state index contributed by atoms with van der Waals surface area (Å²) in [6.45, 7) is 3.35. The molecule has 1 aromatic carbocycles. The number of benzene rings is 1. The van der Waals surface area contributed by atoms with Gasteiger partial charge < -0.3 is 25.3 Å². The third kappa shape index (κ3) is 6.03. The number of nitrogens with one attached hydrogen (secondary N) is 1. The maximum atomic E-state index is 13.0. The third-order valence-corrected chi connectivity index (χ3v) is 5.70. The summed E-state index contributed by atoms with van der Waals surface area (Å²) in [7, 11) is -2.34. The Morgan fingerprint density at radius 1 is 1.37 bits per heavy atom. The van der Waals surface area contributed by atoms with Crippen molar-refractivity contribution in [2.75, 3.05) is 51.9 Å². The van der Waals surface area contributed by atoms with Crippen LogP contribution in [0.15, 0.2) is 23.1 Å². The number of sulfonamides is 1. The van der Waals surface area contributed by atoms with Crippen molar-refractivity contribution in [1.29, 1.82) is 0 Å². The molecular weight excluding hydrogens is 398 g/mol. The van der Waals surface area contributed by atoms with Gasteiger partial charge in [0.25, 0.3) is 0 Å². The first-order chi connectivity index (χ1) is 12.4. The molecule has 1 saturated heterocycles. The number of halogens is 1. The van der Waals surface area contributed by atoms with Crippen LogP contribution in [0.5, 0.6) is 5.75 Å². The summed E-state index contributed by atoms with van der Waals surface area (Å²) in [6.07, 6.45) is 0. The smallest absolute Gasteiger partial charge is 0.246 e. The Kier molecular flexibility index (Phi) is 9.43. The zero-order valence-corrected chi connectivity index (χ0v) is 17.0. The molecule has 0 aromatic heterocycles. The summed E-state index contributed by atoms with van der Waals surface area (Å²) in [5, 5.41) is 2.60. The number of amides is 1. The maximum absolute atomic E-state index is 13.0. The molecule has 1 fully saturated rings. The van der Waals surface area contributed by atoms with E-state index in [4.69, 9.17) is 19.9 Å². The first kappa shape index (κ1) is 23.6. The van der Waals surface area contributed by atoms with Crippen LogP contribution < -0.4 is 15.8 Å². The van der Waals surface area contributed by atoms with Crippen LogP contribution in [0.25, 0.3) is 0 Å². The fourth-order valence-corrected chi connectivity index (χ4v) is 4.04. The Morgan fingerprint density at radius 3 is 2.63 bits per heavy atom. The van der Waals surface area contributed by atoms with Crippen LogP contribution in [-0.2, 0) is 24.3 Å². The van der Waals surface area contributed by atoms with Crippen LogP contribution in [0.3, 0.4) is 0 Å². The van der Waals surface area contributed by atoms with Gasteiger partial charge in [-0.15, -0.1) is 12.4 Å². The van der Waals surface area contributed by atoms with Crippen LogP contribution in [0.2, 0.25) is 0 Å². The van der Waals surface area contributed by atoms with Crippen molar-refractivity contribution in [3.63, 3.8) is 0 Å². The largest absolute Gasteiger partial charge is 0.492 e. The third-order valence-electron chi connectivity index (χ3n) is 3.78. The molecule has 1 amide bonds. The summed E-state index contributed by atoms with van der Waals surface area (Å²) in [5.41, 5.74) is 6.01. The summed E-state index contributed by atoms with van der Waals surface area (Å²) in [4.78, 5) is 12.1. The van der Waals surface area contributed by atoms with Crippen molar-refractivity contribution in [1.82, 2.24) is 4.31 Å². The number of hydrogen-bond acceptors (Lipinski definition) is 7. The number of morpholine rings is 1. The van der Waals surface area contributed by atoms with E-state index in [0.717, 1.165) is 0 Å². The van der Waals surface area contributed by atoms with Crippen LogP contribution in [-0.4, -0.2) is 71.3 Å². The summed E-state index contributed by atoms with van der Waals surface area (Å²) in [5.74, 6) is -0.232. The first-order valence-corrected chi connectivity index (χ1v) is 9.74. The maximum Gasteiger partial charge on any atom is 0.246 e. The molecular formula is C16H26ClN3O6S. The molecule has 1 unspecified atom stereocenters. The molecule has 27 heavy (non-hydrogen) atoms. The SMILES string of the molecule is CCOc1ccc(NC(=O)C(N)COC)cc1S(=O)(=O)N1CCOCC1.Cl. The van der Waals surface area contributed by atoms with Gasteiger partial charge in [-0.3, -0.25) is 4.79 Å². The van der Waals surface area contributed by atoms with Crippen molar-refractivity contribution >= 4 is 34.0 Å². The van der Waals surface area contributed by atoms with E-state index in [1.807, 2.05) is 0 Å². The van der Waals surface area contributed by atoms with Gasteiger partial charge in [0.05, 0.1) is 26.4 Å². The number of anilines is 1. The Bertz CT molecular complexity index is 725. The van der Waals surface area contributed by atoms with Gasteiger partial charge in [0, 0.05) is 25.9 Å². The summed E-state index contributed by atoms with van der Waals surface area (Å²) in [6, 6.07) is 3.62. The fraction of sp³-hybridized carbons (Fsp3) is 0.562. The lowest BCUT2D eigenvalue weighted by molar-refractivity contribution is -0.118. The molecule has 0 spiro atoms. The Hall–Kier alpha value is -1.43. The molecule has 1 aromatic rings. The molecule has 2 rings (SSSR count). The molecule has 0 bridgehead atoms. The first-order valence-electron chi connectivity index (χ1n) is 8.30. The van der Waals surface area contributed by atoms with Gasteiger partial charge in [-0.05, 0) is 25.1 Å². The second-order valence-electron chi connectivity index (χ2n) is 5.66. The van der Waals surface area contributed by atoms with Crippen molar-refractivity contribution in [3.05, 3.63) is 18.2 Å². The number of nitrogens with two attached hydrogens (primary N) is 1. The van der Waals surface area contributed by atoms with E-state index in [2.05, 4.69) is 5.32 Å². The van der Waals surface area contributed by atoms with Gasteiger partial charge in [-0.2, -0.15) is 4.31 Å². The van der Waals surface area contributed by atoms with E-state index in [0.29, 0.717) is 25.5 Å². The highest BCUT2D eigenvalue weighted by Gasteiger charge is 2.30. The number of carbonyl (C=O) groups is 1. The lowest BCUT2D eigenvalue weighted by atomic mass is 10.2. The number of nitrogens with zero attached hydrogens (tertiary/aromatic N) is 1. The topological polar surface area (TPSA) is 120 Å². The van der Waals surface area contributed by atoms with Crippen LogP contribution in [0.4, 0.5) is 5.69 Å². The van der Waals surface area contributed by atoms with E-state index in [-0.39, 0.29) is 42.7 Å². The van der Waals surface area contributed by atoms with Crippen molar-refractivity contribution in [3.8, 4) is 5.75 Å². The highest BCUT2D eigenvalue weighted by molar-refractivity contribution is 7.89. The molecule has 9 nitrogen and oxygen atoms in total. The molecule has 0 saturated carbocycles. The van der Waals surface area contributed by atoms with Gasteiger partial charge in [0.1, 0.15) is 16.7 Å². The van der Waals surface area contributed by atoms with E-state index in [1.165, 1.54) is 23.5 Å². The van der Waals surface area contributed by atoms with E-state index in [1.54, 1.807) is 13.0 Å². The molecule has 154 valence electrons. The van der Waals surface area contributed by atoms with Gasteiger partial charge in [-0.1, -0.05) is 0 Å². The van der Waals surface area contributed by atoms with E-state index < -0.39 is 22.0 Å². The molecule has 1 aliphatic heterocycles. The second-order valence-corrected chi connectivity index (χ2v) is 7.57.